The van der Waals surface area contributed by atoms with Gasteiger partial charge in [0, 0.05) is 18.6 Å². The van der Waals surface area contributed by atoms with E-state index < -0.39 is 9.84 Å². The molecule has 1 fully saturated rings. The van der Waals surface area contributed by atoms with Gasteiger partial charge in [0.25, 0.3) is 0 Å². The number of nitrogens with one attached hydrogen (secondary N) is 1. The molecule has 116 valence electrons. The van der Waals surface area contributed by atoms with E-state index in [0.29, 0.717) is 18.0 Å². The van der Waals surface area contributed by atoms with E-state index in [1.54, 1.807) is 0 Å². The van der Waals surface area contributed by atoms with Gasteiger partial charge >= 0.3 is 0 Å². The van der Waals surface area contributed by atoms with Crippen LogP contribution < -0.4 is 5.32 Å². The van der Waals surface area contributed by atoms with E-state index in [4.69, 9.17) is 0 Å². The summed E-state index contributed by atoms with van der Waals surface area (Å²) < 4.78 is 37.8. The maximum Gasteiger partial charge on any atom is 0.178 e. The van der Waals surface area contributed by atoms with E-state index in [2.05, 4.69) is 17.3 Å². The van der Waals surface area contributed by atoms with Crippen LogP contribution in [0.1, 0.15) is 30.9 Å². The lowest BCUT2D eigenvalue weighted by Gasteiger charge is -2.35. The van der Waals surface area contributed by atoms with Crippen molar-refractivity contribution >= 4 is 9.84 Å². The highest BCUT2D eigenvalue weighted by Crippen LogP contribution is 2.33. The predicted molar refractivity (Wildman–Crippen MR) is 79.5 cm³/mol. The largest absolute Gasteiger partial charge is 0.306 e. The van der Waals surface area contributed by atoms with E-state index in [-0.39, 0.29) is 22.5 Å². The van der Waals surface area contributed by atoms with Crippen LogP contribution in [0.15, 0.2) is 23.1 Å². The van der Waals surface area contributed by atoms with Gasteiger partial charge in [0.1, 0.15) is 5.82 Å². The molecule has 3 rings (SSSR count). The van der Waals surface area contributed by atoms with Gasteiger partial charge in [-0.25, -0.2) is 12.8 Å². The normalized spacial score (nSPS) is 29.0. The minimum absolute atomic E-state index is 0.0734. The second kappa shape index (κ2) is 5.66. The molecule has 0 aliphatic carbocycles. The van der Waals surface area contributed by atoms with Crippen LogP contribution in [0.4, 0.5) is 4.39 Å². The number of likely N-dealkylation sites (N-methyl/N-ethyl adjacent to an activating group) is 1. The minimum Gasteiger partial charge on any atom is -0.306 e. The molecule has 0 amide bonds. The van der Waals surface area contributed by atoms with Crippen molar-refractivity contribution in [3.8, 4) is 0 Å². The molecule has 6 heteroatoms. The van der Waals surface area contributed by atoms with E-state index >= 15 is 0 Å². The van der Waals surface area contributed by atoms with Gasteiger partial charge in [-0.2, -0.15) is 0 Å². The number of halogens is 1. The van der Waals surface area contributed by atoms with Crippen LogP contribution in [0, 0.1) is 5.82 Å². The number of likely N-dealkylation sites (tertiary alicyclic amines) is 1. The Kier molecular flexibility index (Phi) is 4.03. The maximum absolute atomic E-state index is 13.5. The topological polar surface area (TPSA) is 49.4 Å². The first-order chi connectivity index (χ1) is 9.95. The lowest BCUT2D eigenvalue weighted by molar-refractivity contribution is 0.214. The third-order valence-electron chi connectivity index (χ3n) is 4.42. The van der Waals surface area contributed by atoms with Crippen molar-refractivity contribution in [3.63, 3.8) is 0 Å². The van der Waals surface area contributed by atoms with Gasteiger partial charge in [-0.3, -0.25) is 0 Å². The van der Waals surface area contributed by atoms with Crippen LogP contribution >= 0.6 is 0 Å². The molecule has 2 atom stereocenters. The molecule has 0 aromatic heterocycles. The molecular weight excluding hydrogens is 291 g/mol. The Morgan fingerprint density at radius 3 is 2.90 bits per heavy atom. The molecule has 0 bridgehead atoms. The average molecular weight is 312 g/mol. The summed E-state index contributed by atoms with van der Waals surface area (Å²) in [7, 11) is -1.17. The Labute approximate surface area is 125 Å². The fourth-order valence-corrected chi connectivity index (χ4v) is 4.97. The first-order valence-electron chi connectivity index (χ1n) is 7.42. The smallest absolute Gasteiger partial charge is 0.178 e. The summed E-state index contributed by atoms with van der Waals surface area (Å²) in [6.07, 6.45) is 2.73. The molecule has 2 aliphatic rings. The molecular formula is C15H21FN2O2S. The second-order valence-electron chi connectivity index (χ2n) is 6.11. The highest BCUT2D eigenvalue weighted by atomic mass is 32.2. The zero-order chi connectivity index (χ0) is 15.0. The number of hydrogen-bond acceptors (Lipinski definition) is 4. The lowest BCUT2D eigenvalue weighted by Crippen LogP contribution is -2.46. The quantitative estimate of drug-likeness (QED) is 0.845. The van der Waals surface area contributed by atoms with E-state index in [0.717, 1.165) is 25.9 Å². The van der Waals surface area contributed by atoms with Crippen molar-refractivity contribution in [1.82, 2.24) is 10.2 Å². The van der Waals surface area contributed by atoms with E-state index in [9.17, 15) is 12.8 Å². The number of benzene rings is 1. The van der Waals surface area contributed by atoms with E-state index in [1.165, 1.54) is 18.2 Å². The molecule has 0 radical (unpaired) electrons. The van der Waals surface area contributed by atoms with Crippen molar-refractivity contribution < 1.29 is 12.8 Å². The van der Waals surface area contributed by atoms with Gasteiger partial charge < -0.3 is 10.2 Å². The van der Waals surface area contributed by atoms with Crippen LogP contribution in [-0.4, -0.2) is 45.2 Å². The van der Waals surface area contributed by atoms with Gasteiger partial charge in [-0.1, -0.05) is 0 Å². The molecule has 4 nitrogen and oxygen atoms in total. The highest BCUT2D eigenvalue weighted by Gasteiger charge is 2.32. The van der Waals surface area contributed by atoms with Crippen molar-refractivity contribution in [1.29, 1.82) is 0 Å². The highest BCUT2D eigenvalue weighted by molar-refractivity contribution is 7.91. The van der Waals surface area contributed by atoms with Crippen molar-refractivity contribution in [2.24, 2.45) is 0 Å². The zero-order valence-corrected chi connectivity index (χ0v) is 13.0. The monoisotopic (exact) mass is 312 g/mol. The SMILES string of the molecule is CN1CCCC(NC2CCS(=O)(=O)c3ccc(F)cc32)C1. The van der Waals surface area contributed by atoms with Crippen molar-refractivity contribution in [2.45, 2.75) is 36.2 Å². The number of hydrogen-bond donors (Lipinski definition) is 1. The Morgan fingerprint density at radius 2 is 2.14 bits per heavy atom. The van der Waals surface area contributed by atoms with Crippen LogP contribution in [-0.2, 0) is 9.84 Å². The molecule has 2 aliphatic heterocycles. The fourth-order valence-electron chi connectivity index (χ4n) is 3.37. The number of nitrogens with zero attached hydrogens (tertiary/aromatic N) is 1. The molecule has 1 aromatic rings. The molecule has 0 spiro atoms. The second-order valence-corrected chi connectivity index (χ2v) is 8.19. The number of piperidine rings is 1. The molecule has 2 unspecified atom stereocenters. The number of fused-ring (bicyclic) bond motifs is 1. The first kappa shape index (κ1) is 14.9. The Bertz CT molecular complexity index is 633. The molecule has 0 saturated carbocycles. The van der Waals surface area contributed by atoms with Gasteiger partial charge in [0.2, 0.25) is 0 Å². The third-order valence-corrected chi connectivity index (χ3v) is 6.23. The van der Waals surface area contributed by atoms with E-state index in [1.807, 2.05) is 0 Å². The van der Waals surface area contributed by atoms with Gasteiger partial charge in [0.05, 0.1) is 10.6 Å². The Morgan fingerprint density at radius 1 is 1.33 bits per heavy atom. The summed E-state index contributed by atoms with van der Waals surface area (Å²) in [5, 5.41) is 3.54. The van der Waals surface area contributed by atoms with Gasteiger partial charge in [0.15, 0.2) is 9.84 Å². The summed E-state index contributed by atoms with van der Waals surface area (Å²) >= 11 is 0. The molecule has 1 aromatic carbocycles. The van der Waals surface area contributed by atoms with Gasteiger partial charge in [-0.05, 0) is 56.6 Å². The molecule has 21 heavy (non-hydrogen) atoms. The Hall–Kier alpha value is -0.980. The van der Waals surface area contributed by atoms with Crippen LogP contribution in [0.25, 0.3) is 0 Å². The summed E-state index contributed by atoms with van der Waals surface area (Å²) in [5.74, 6) is -0.246. The van der Waals surface area contributed by atoms with Crippen LogP contribution in [0.2, 0.25) is 0 Å². The number of sulfone groups is 1. The van der Waals surface area contributed by atoms with Gasteiger partial charge in [-0.15, -0.1) is 0 Å². The standard InChI is InChI=1S/C15H21FN2O2S/c1-18-7-2-3-12(10-18)17-14-6-8-21(19,20)15-5-4-11(16)9-13(14)15/h4-5,9,12,14,17H,2-3,6-8,10H2,1H3. The van der Waals surface area contributed by atoms with Crippen molar-refractivity contribution in [2.75, 3.05) is 25.9 Å². The first-order valence-corrected chi connectivity index (χ1v) is 9.08. The number of rotatable bonds is 2. The van der Waals surface area contributed by atoms with Crippen LogP contribution in [0.5, 0.6) is 0 Å². The lowest BCUT2D eigenvalue weighted by atomic mass is 9.99. The summed E-state index contributed by atoms with van der Waals surface area (Å²) in [4.78, 5) is 2.56. The van der Waals surface area contributed by atoms with Crippen LogP contribution in [0.3, 0.4) is 0 Å². The summed E-state index contributed by atoms with van der Waals surface area (Å²) in [6.45, 7) is 2.05. The average Bonchev–Trinajstić information content (AvgIpc) is 2.42. The maximum atomic E-state index is 13.5. The predicted octanol–water partition coefficient (Wildman–Crippen LogP) is 1.73. The molecule has 1 N–H and O–H groups in total. The summed E-state index contributed by atoms with van der Waals surface area (Å²) in [5.41, 5.74) is 0.592. The van der Waals surface area contributed by atoms with Crippen molar-refractivity contribution in [3.05, 3.63) is 29.6 Å². The summed E-state index contributed by atoms with van der Waals surface area (Å²) in [6, 6.07) is 4.27. The Balaban J connectivity index is 1.86. The third kappa shape index (κ3) is 3.12. The fraction of sp³-hybridized carbons (Fsp3) is 0.600. The minimum atomic E-state index is -3.26. The molecule has 1 saturated heterocycles. The zero-order valence-electron chi connectivity index (χ0n) is 12.2. The molecule has 2 heterocycles.